The maximum Gasteiger partial charge on any atom is 0.244 e. The number of nitrogens with zero attached hydrogens (tertiary/aromatic N) is 1. The van der Waals surface area contributed by atoms with E-state index in [0.717, 1.165) is 39.0 Å². The molecule has 122 valence electrons. The van der Waals surface area contributed by atoms with Gasteiger partial charge in [0.25, 0.3) is 0 Å². The molecule has 1 saturated heterocycles. The number of piperidine rings is 1. The lowest BCUT2D eigenvalue weighted by atomic mass is 9.94. The van der Waals surface area contributed by atoms with Crippen LogP contribution < -0.4 is 10.6 Å². The maximum absolute atomic E-state index is 12.4. The van der Waals surface area contributed by atoms with Crippen molar-refractivity contribution in [3.8, 4) is 0 Å². The molecule has 1 aliphatic rings. The summed E-state index contributed by atoms with van der Waals surface area (Å²) < 4.78 is 0. The fourth-order valence-corrected chi connectivity index (χ4v) is 2.45. The van der Waals surface area contributed by atoms with E-state index in [-0.39, 0.29) is 11.8 Å². The van der Waals surface area contributed by atoms with Crippen LogP contribution in [0.5, 0.6) is 0 Å². The summed E-state index contributed by atoms with van der Waals surface area (Å²) in [6.45, 7) is 13.1. The third-order valence-corrected chi connectivity index (χ3v) is 4.01. The predicted molar refractivity (Wildman–Crippen MR) is 84.9 cm³/mol. The topological polar surface area (TPSA) is 61.4 Å². The van der Waals surface area contributed by atoms with Gasteiger partial charge < -0.3 is 15.5 Å². The Labute approximate surface area is 128 Å². The fourth-order valence-electron chi connectivity index (χ4n) is 2.45. The lowest BCUT2D eigenvalue weighted by molar-refractivity contribution is -0.139. The number of likely N-dealkylation sites (tertiary alicyclic amines) is 1. The summed E-state index contributed by atoms with van der Waals surface area (Å²) in [6, 6.07) is -0.443. The quantitative estimate of drug-likeness (QED) is 0.806. The Balaban J connectivity index is 2.41. The molecule has 0 bridgehead atoms. The minimum atomic E-state index is -0.465. The van der Waals surface area contributed by atoms with Crippen LogP contribution in [-0.4, -0.2) is 48.9 Å². The molecule has 5 nitrogen and oxygen atoms in total. The van der Waals surface area contributed by atoms with Gasteiger partial charge in [0.2, 0.25) is 11.8 Å². The molecule has 1 aliphatic heterocycles. The van der Waals surface area contributed by atoms with Gasteiger partial charge in [0.15, 0.2) is 0 Å². The SMILES string of the molecule is CCNCC1CCN(C(=O)C(C)NC(=O)C(C)(C)C)CC1. The van der Waals surface area contributed by atoms with Crippen molar-refractivity contribution in [1.82, 2.24) is 15.5 Å². The van der Waals surface area contributed by atoms with Crippen LogP contribution in [-0.2, 0) is 9.59 Å². The number of rotatable bonds is 5. The summed E-state index contributed by atoms with van der Waals surface area (Å²) in [6.07, 6.45) is 2.08. The van der Waals surface area contributed by atoms with Crippen LogP contribution in [0.4, 0.5) is 0 Å². The molecule has 0 saturated carbocycles. The monoisotopic (exact) mass is 297 g/mol. The molecule has 1 rings (SSSR count). The summed E-state index contributed by atoms with van der Waals surface area (Å²) in [4.78, 5) is 26.2. The van der Waals surface area contributed by atoms with E-state index in [1.807, 2.05) is 25.7 Å². The first-order chi connectivity index (χ1) is 9.75. The van der Waals surface area contributed by atoms with Crippen LogP contribution in [0.15, 0.2) is 0 Å². The van der Waals surface area contributed by atoms with Gasteiger partial charge in [-0.15, -0.1) is 0 Å². The molecular weight excluding hydrogens is 266 g/mol. The number of carbonyl (C=O) groups excluding carboxylic acids is 2. The second-order valence-electron chi connectivity index (χ2n) is 7.02. The summed E-state index contributed by atoms with van der Waals surface area (Å²) in [5.74, 6) is 0.619. The van der Waals surface area contributed by atoms with Gasteiger partial charge in [-0.05, 0) is 38.8 Å². The fraction of sp³-hybridized carbons (Fsp3) is 0.875. The standard InChI is InChI=1S/C16H31N3O2/c1-6-17-11-13-7-9-19(10-8-13)14(20)12(2)18-15(21)16(3,4)5/h12-13,17H,6-11H2,1-5H3,(H,18,21). The first-order valence-electron chi connectivity index (χ1n) is 8.06. The predicted octanol–water partition coefficient (Wildman–Crippen LogP) is 1.39. The van der Waals surface area contributed by atoms with Crippen molar-refractivity contribution in [3.63, 3.8) is 0 Å². The number of hydrogen-bond donors (Lipinski definition) is 2. The van der Waals surface area contributed by atoms with Gasteiger partial charge in [0.1, 0.15) is 6.04 Å². The van der Waals surface area contributed by atoms with Crippen LogP contribution in [0.1, 0.15) is 47.5 Å². The lowest BCUT2D eigenvalue weighted by Crippen LogP contribution is -2.51. The van der Waals surface area contributed by atoms with Crippen LogP contribution in [0.3, 0.4) is 0 Å². The average Bonchev–Trinajstić information content (AvgIpc) is 2.43. The summed E-state index contributed by atoms with van der Waals surface area (Å²) >= 11 is 0. The zero-order valence-electron chi connectivity index (χ0n) is 14.2. The van der Waals surface area contributed by atoms with Crippen LogP contribution in [0.25, 0.3) is 0 Å². The Hall–Kier alpha value is -1.10. The van der Waals surface area contributed by atoms with Gasteiger partial charge in [0.05, 0.1) is 0 Å². The molecule has 0 spiro atoms. The second-order valence-corrected chi connectivity index (χ2v) is 7.02. The highest BCUT2D eigenvalue weighted by Crippen LogP contribution is 2.18. The molecule has 21 heavy (non-hydrogen) atoms. The Morgan fingerprint density at radius 2 is 1.81 bits per heavy atom. The van der Waals surface area contributed by atoms with Crippen LogP contribution in [0.2, 0.25) is 0 Å². The molecule has 0 aromatic heterocycles. The summed E-state index contributed by atoms with van der Waals surface area (Å²) in [7, 11) is 0. The van der Waals surface area contributed by atoms with Gasteiger partial charge in [0, 0.05) is 18.5 Å². The van der Waals surface area contributed by atoms with Gasteiger partial charge in [-0.1, -0.05) is 27.7 Å². The largest absolute Gasteiger partial charge is 0.344 e. The van der Waals surface area contributed by atoms with E-state index in [4.69, 9.17) is 0 Å². The lowest BCUT2D eigenvalue weighted by Gasteiger charge is -2.34. The maximum atomic E-state index is 12.4. The summed E-state index contributed by atoms with van der Waals surface area (Å²) in [5, 5.41) is 6.19. The molecule has 1 heterocycles. The first kappa shape index (κ1) is 18.0. The molecule has 0 aliphatic carbocycles. The van der Waals surface area contributed by atoms with Crippen molar-refractivity contribution in [2.75, 3.05) is 26.2 Å². The number of carbonyl (C=O) groups is 2. The van der Waals surface area contributed by atoms with E-state index in [1.165, 1.54) is 0 Å². The average molecular weight is 297 g/mol. The molecule has 2 N–H and O–H groups in total. The van der Waals surface area contributed by atoms with Gasteiger partial charge in [-0.2, -0.15) is 0 Å². The van der Waals surface area contributed by atoms with E-state index in [2.05, 4.69) is 17.6 Å². The van der Waals surface area contributed by atoms with E-state index < -0.39 is 11.5 Å². The summed E-state index contributed by atoms with van der Waals surface area (Å²) in [5.41, 5.74) is -0.465. The number of amides is 2. The Morgan fingerprint density at radius 1 is 1.24 bits per heavy atom. The highest BCUT2D eigenvalue weighted by atomic mass is 16.2. The minimum absolute atomic E-state index is 0.0366. The minimum Gasteiger partial charge on any atom is -0.344 e. The Kier molecular flexibility index (Phi) is 6.65. The van der Waals surface area contributed by atoms with Crippen molar-refractivity contribution < 1.29 is 9.59 Å². The molecule has 0 aromatic carbocycles. The van der Waals surface area contributed by atoms with Gasteiger partial charge >= 0.3 is 0 Å². The normalized spacial score (nSPS) is 18.4. The van der Waals surface area contributed by atoms with Crippen molar-refractivity contribution in [3.05, 3.63) is 0 Å². The number of nitrogens with one attached hydrogen (secondary N) is 2. The molecule has 1 unspecified atom stereocenters. The third-order valence-electron chi connectivity index (χ3n) is 4.01. The molecule has 1 fully saturated rings. The van der Waals surface area contributed by atoms with Crippen molar-refractivity contribution >= 4 is 11.8 Å². The zero-order chi connectivity index (χ0) is 16.0. The van der Waals surface area contributed by atoms with E-state index in [9.17, 15) is 9.59 Å². The molecule has 1 atom stereocenters. The highest BCUT2D eigenvalue weighted by Gasteiger charge is 2.29. The molecular formula is C16H31N3O2. The molecule has 0 aromatic rings. The zero-order valence-corrected chi connectivity index (χ0v) is 14.2. The highest BCUT2D eigenvalue weighted by molar-refractivity contribution is 5.89. The second kappa shape index (κ2) is 7.78. The molecule has 2 amide bonds. The third kappa shape index (κ3) is 5.65. The van der Waals surface area contributed by atoms with Gasteiger partial charge in [-0.3, -0.25) is 9.59 Å². The first-order valence-corrected chi connectivity index (χ1v) is 8.06. The number of hydrogen-bond acceptors (Lipinski definition) is 3. The van der Waals surface area contributed by atoms with E-state index >= 15 is 0 Å². The Morgan fingerprint density at radius 3 is 2.29 bits per heavy atom. The molecule has 0 radical (unpaired) electrons. The molecule has 5 heteroatoms. The van der Waals surface area contributed by atoms with Crippen LogP contribution in [0, 0.1) is 11.3 Å². The van der Waals surface area contributed by atoms with Crippen molar-refractivity contribution in [1.29, 1.82) is 0 Å². The smallest absolute Gasteiger partial charge is 0.244 e. The van der Waals surface area contributed by atoms with Crippen molar-refractivity contribution in [2.45, 2.75) is 53.5 Å². The van der Waals surface area contributed by atoms with E-state index in [0.29, 0.717) is 5.92 Å². The van der Waals surface area contributed by atoms with Crippen LogP contribution >= 0.6 is 0 Å². The van der Waals surface area contributed by atoms with Crippen molar-refractivity contribution in [2.24, 2.45) is 11.3 Å². The Bertz CT molecular complexity index is 355. The van der Waals surface area contributed by atoms with E-state index in [1.54, 1.807) is 6.92 Å². The van der Waals surface area contributed by atoms with Gasteiger partial charge in [-0.25, -0.2) is 0 Å².